The minimum atomic E-state index is -4.38. The minimum Gasteiger partial charge on any atom is -0.487 e. The maximum Gasteiger partial charge on any atom is 0.416 e. The first-order valence-electron chi connectivity index (χ1n) is 9.24. The average Bonchev–Trinajstić information content (AvgIpc) is 2.97. The van der Waals surface area contributed by atoms with E-state index in [1.165, 1.54) is 24.4 Å². The van der Waals surface area contributed by atoms with Crippen LogP contribution in [0.5, 0.6) is 5.75 Å². The van der Waals surface area contributed by atoms with Gasteiger partial charge >= 0.3 is 12.2 Å². The molecule has 1 atom stereocenters. The highest BCUT2D eigenvalue weighted by Gasteiger charge is 2.47. The van der Waals surface area contributed by atoms with Crippen LogP contribution in [0.3, 0.4) is 0 Å². The van der Waals surface area contributed by atoms with Crippen LogP contribution in [0.25, 0.3) is 0 Å². The number of hydrogen-bond acceptors (Lipinski definition) is 4. The number of piperidine rings is 1. The number of hydrogen-bond donors (Lipinski definition) is 0. The fourth-order valence-electron chi connectivity index (χ4n) is 3.55. The van der Waals surface area contributed by atoms with E-state index in [1.807, 2.05) is 0 Å². The van der Waals surface area contributed by atoms with Crippen LogP contribution < -0.4 is 9.64 Å². The summed E-state index contributed by atoms with van der Waals surface area (Å²) in [5.41, 5.74) is -0.146. The molecule has 1 aromatic heterocycles. The first-order valence-corrected chi connectivity index (χ1v) is 9.24. The number of alkyl halides is 3. The Morgan fingerprint density at radius 3 is 2.45 bits per heavy atom. The molecule has 1 unspecified atom stereocenters. The van der Waals surface area contributed by atoms with Gasteiger partial charge in [-0.2, -0.15) is 13.2 Å². The van der Waals surface area contributed by atoms with Gasteiger partial charge in [0, 0.05) is 6.54 Å². The van der Waals surface area contributed by atoms with Gasteiger partial charge in [-0.15, -0.1) is 0 Å². The third-order valence-corrected chi connectivity index (χ3v) is 5.08. The number of imide groups is 1. The Morgan fingerprint density at radius 2 is 1.83 bits per heavy atom. The molecule has 2 saturated heterocycles. The number of halogens is 3. The maximum absolute atomic E-state index is 12.6. The molecule has 9 heteroatoms. The summed E-state index contributed by atoms with van der Waals surface area (Å²) < 4.78 is 43.3. The van der Waals surface area contributed by atoms with Gasteiger partial charge in [-0.1, -0.05) is 12.1 Å². The van der Waals surface area contributed by atoms with Crippen LogP contribution in [0.1, 0.15) is 30.4 Å². The second-order valence-corrected chi connectivity index (χ2v) is 7.00. The van der Waals surface area contributed by atoms with Gasteiger partial charge in [-0.25, -0.2) is 14.7 Å². The van der Waals surface area contributed by atoms with Crippen molar-refractivity contribution in [2.24, 2.45) is 0 Å². The zero-order chi connectivity index (χ0) is 20.6. The Hall–Kier alpha value is -3.10. The van der Waals surface area contributed by atoms with Crippen molar-refractivity contribution in [2.45, 2.75) is 38.1 Å². The molecular weight excluding hydrogens is 387 g/mol. The monoisotopic (exact) mass is 405 g/mol. The van der Waals surface area contributed by atoms with E-state index < -0.39 is 17.8 Å². The van der Waals surface area contributed by atoms with E-state index in [4.69, 9.17) is 4.74 Å². The molecule has 2 fully saturated rings. The van der Waals surface area contributed by atoms with E-state index in [-0.39, 0.29) is 24.4 Å². The molecule has 3 heterocycles. The lowest BCUT2D eigenvalue weighted by Gasteiger charge is -2.25. The molecule has 0 bridgehead atoms. The number of aromatic nitrogens is 1. The zero-order valence-electron chi connectivity index (χ0n) is 15.4. The van der Waals surface area contributed by atoms with Crippen LogP contribution in [0.4, 0.5) is 23.8 Å². The lowest BCUT2D eigenvalue weighted by Crippen LogP contribution is -2.39. The van der Waals surface area contributed by atoms with E-state index in [0.29, 0.717) is 24.3 Å². The number of ether oxygens (including phenoxy) is 1. The van der Waals surface area contributed by atoms with E-state index in [1.54, 1.807) is 11.0 Å². The predicted molar refractivity (Wildman–Crippen MR) is 97.2 cm³/mol. The molecule has 6 nitrogen and oxygen atoms in total. The van der Waals surface area contributed by atoms with Crippen molar-refractivity contribution < 1.29 is 27.5 Å². The summed E-state index contributed by atoms with van der Waals surface area (Å²) in [6.45, 7) is 0.636. The van der Waals surface area contributed by atoms with Crippen molar-refractivity contribution in [2.75, 3.05) is 11.4 Å². The van der Waals surface area contributed by atoms with E-state index in [9.17, 15) is 22.8 Å². The molecule has 0 saturated carbocycles. The van der Waals surface area contributed by atoms with Crippen molar-refractivity contribution >= 4 is 17.8 Å². The van der Waals surface area contributed by atoms with Crippen molar-refractivity contribution in [3.8, 4) is 5.75 Å². The van der Waals surface area contributed by atoms with Crippen molar-refractivity contribution in [3.63, 3.8) is 0 Å². The van der Waals surface area contributed by atoms with Gasteiger partial charge in [0.25, 0.3) is 5.91 Å². The van der Waals surface area contributed by atoms with E-state index >= 15 is 0 Å². The molecule has 2 aliphatic rings. The fourth-order valence-corrected chi connectivity index (χ4v) is 3.55. The Morgan fingerprint density at radius 1 is 1.07 bits per heavy atom. The standard InChI is InChI=1S/C20H18F3N3O3/c21-20(22,23)14-6-4-13(5-7-14)12-29-15-8-9-17(24-11-15)26-18(27)16-3-1-2-10-25(16)19(26)28/h4-9,11,16H,1-3,10,12H2. The van der Waals surface area contributed by atoms with Gasteiger partial charge < -0.3 is 9.64 Å². The first kappa shape index (κ1) is 19.2. The smallest absolute Gasteiger partial charge is 0.416 e. The number of anilines is 1. The van der Waals surface area contributed by atoms with Crippen molar-refractivity contribution in [1.29, 1.82) is 0 Å². The topological polar surface area (TPSA) is 62.7 Å². The van der Waals surface area contributed by atoms with Gasteiger partial charge in [0.05, 0.1) is 11.8 Å². The Bertz CT molecular complexity index is 889. The highest BCUT2D eigenvalue weighted by molar-refractivity contribution is 6.20. The number of pyridine rings is 1. The molecule has 0 spiro atoms. The quantitative estimate of drug-likeness (QED) is 0.722. The third-order valence-electron chi connectivity index (χ3n) is 5.08. The lowest BCUT2D eigenvalue weighted by molar-refractivity contribution is -0.137. The second-order valence-electron chi connectivity index (χ2n) is 7.00. The molecule has 4 rings (SSSR count). The van der Waals surface area contributed by atoms with Gasteiger partial charge in [0.15, 0.2) is 0 Å². The van der Waals surface area contributed by atoms with Gasteiger partial charge in [0.2, 0.25) is 0 Å². The molecular formula is C20H18F3N3O3. The zero-order valence-corrected chi connectivity index (χ0v) is 15.4. The van der Waals surface area contributed by atoms with Crippen molar-refractivity contribution in [1.82, 2.24) is 9.88 Å². The summed E-state index contributed by atoms with van der Waals surface area (Å²) in [5, 5.41) is 0. The number of carbonyl (C=O) groups is 2. The van der Waals surface area contributed by atoms with Crippen LogP contribution in [0.2, 0.25) is 0 Å². The number of fused-ring (bicyclic) bond motifs is 1. The van der Waals surface area contributed by atoms with Gasteiger partial charge in [0.1, 0.15) is 24.2 Å². The number of urea groups is 1. The van der Waals surface area contributed by atoms with E-state index in [2.05, 4.69) is 4.98 Å². The van der Waals surface area contributed by atoms with Crippen LogP contribution in [0, 0.1) is 0 Å². The summed E-state index contributed by atoms with van der Waals surface area (Å²) in [7, 11) is 0. The van der Waals surface area contributed by atoms with Gasteiger partial charge in [-0.3, -0.25) is 4.79 Å². The fraction of sp³-hybridized carbons (Fsp3) is 0.350. The average molecular weight is 405 g/mol. The van der Waals surface area contributed by atoms with Gasteiger partial charge in [-0.05, 0) is 49.1 Å². The Kier molecular flexibility index (Phi) is 4.89. The number of carbonyl (C=O) groups excluding carboxylic acids is 2. The summed E-state index contributed by atoms with van der Waals surface area (Å²) in [4.78, 5) is 31.9. The maximum atomic E-state index is 12.6. The minimum absolute atomic E-state index is 0.0661. The largest absolute Gasteiger partial charge is 0.487 e. The lowest BCUT2D eigenvalue weighted by atomic mass is 10.0. The van der Waals surface area contributed by atoms with Crippen LogP contribution in [-0.4, -0.2) is 34.4 Å². The highest BCUT2D eigenvalue weighted by Crippen LogP contribution is 2.31. The first-order chi connectivity index (χ1) is 13.8. The Balaban J connectivity index is 1.41. The summed E-state index contributed by atoms with van der Waals surface area (Å²) in [5.74, 6) is 0.349. The molecule has 152 valence electrons. The number of benzene rings is 1. The molecule has 2 aromatic rings. The molecule has 29 heavy (non-hydrogen) atoms. The van der Waals surface area contributed by atoms with Crippen LogP contribution >= 0.6 is 0 Å². The summed E-state index contributed by atoms with van der Waals surface area (Å²) in [6.07, 6.45) is -0.532. The molecule has 1 aromatic carbocycles. The Labute approximate surface area is 164 Å². The normalized spacial score (nSPS) is 19.5. The molecule has 0 aliphatic carbocycles. The molecule has 3 amide bonds. The number of amides is 3. The number of nitrogens with zero attached hydrogens (tertiary/aromatic N) is 3. The molecule has 0 radical (unpaired) electrons. The number of rotatable bonds is 4. The van der Waals surface area contributed by atoms with Crippen LogP contribution in [-0.2, 0) is 17.6 Å². The third kappa shape index (κ3) is 3.76. The van der Waals surface area contributed by atoms with E-state index in [0.717, 1.165) is 29.9 Å². The predicted octanol–water partition coefficient (Wildman–Crippen LogP) is 4.00. The summed E-state index contributed by atoms with van der Waals surface area (Å²) >= 11 is 0. The molecule has 2 aliphatic heterocycles. The highest BCUT2D eigenvalue weighted by atomic mass is 19.4. The molecule has 0 N–H and O–H groups in total. The van der Waals surface area contributed by atoms with Crippen molar-refractivity contribution in [3.05, 3.63) is 53.7 Å². The SMILES string of the molecule is O=C1C2CCCCN2C(=O)N1c1ccc(OCc2ccc(C(F)(F)F)cc2)cn1. The second kappa shape index (κ2) is 7.38. The summed E-state index contributed by atoms with van der Waals surface area (Å²) in [6, 6.07) is 7.03. The van der Waals surface area contributed by atoms with Crippen LogP contribution in [0.15, 0.2) is 42.6 Å².